The second kappa shape index (κ2) is 10.0. The minimum Gasteiger partial charge on any atom is -0.454 e. The summed E-state index contributed by atoms with van der Waals surface area (Å²) in [7, 11) is 1.93. The van der Waals surface area contributed by atoms with Gasteiger partial charge in [-0.05, 0) is 48.0 Å². The fraction of sp³-hybridized carbons (Fsp3) is 0.308. The summed E-state index contributed by atoms with van der Waals surface area (Å²) in [6.07, 6.45) is 1.69. The van der Waals surface area contributed by atoms with Gasteiger partial charge in [0.1, 0.15) is 5.75 Å². The van der Waals surface area contributed by atoms with E-state index in [2.05, 4.69) is 16.0 Å². The number of aromatic nitrogens is 1. The van der Waals surface area contributed by atoms with Gasteiger partial charge in [0, 0.05) is 57.7 Å². The van der Waals surface area contributed by atoms with Crippen LogP contribution >= 0.6 is 0 Å². The predicted octanol–water partition coefficient (Wildman–Crippen LogP) is 3.38. The first kappa shape index (κ1) is 22.0. The highest BCUT2D eigenvalue weighted by Gasteiger charge is 2.23. The number of amides is 1. The Labute approximate surface area is 199 Å². The van der Waals surface area contributed by atoms with Gasteiger partial charge in [-0.2, -0.15) is 0 Å². The van der Waals surface area contributed by atoms with Gasteiger partial charge < -0.3 is 24.0 Å². The number of benzene rings is 2. The number of piperazine rings is 1. The van der Waals surface area contributed by atoms with Crippen LogP contribution in [0, 0.1) is 0 Å². The summed E-state index contributed by atoms with van der Waals surface area (Å²) in [5.41, 5.74) is 2.15. The highest BCUT2D eigenvalue weighted by molar-refractivity contribution is 5.81. The maximum Gasteiger partial charge on any atom is 0.242 e. The third kappa shape index (κ3) is 5.23. The van der Waals surface area contributed by atoms with Crippen LogP contribution in [-0.2, 0) is 11.3 Å². The lowest BCUT2D eigenvalue weighted by atomic mass is 10.1. The van der Waals surface area contributed by atoms with Gasteiger partial charge in [0.25, 0.3) is 0 Å². The zero-order valence-electron chi connectivity index (χ0n) is 19.2. The van der Waals surface area contributed by atoms with Crippen molar-refractivity contribution in [1.29, 1.82) is 0 Å². The van der Waals surface area contributed by atoms with E-state index in [1.807, 2.05) is 71.4 Å². The number of anilines is 1. The summed E-state index contributed by atoms with van der Waals surface area (Å²) in [5.74, 6) is 3.01. The Morgan fingerprint density at radius 2 is 1.79 bits per heavy atom. The molecule has 1 saturated heterocycles. The maximum atomic E-state index is 12.9. The van der Waals surface area contributed by atoms with Crippen LogP contribution in [0.2, 0.25) is 0 Å². The molecule has 1 fully saturated rings. The molecule has 5 rings (SSSR count). The number of hydrogen-bond donors (Lipinski definition) is 0. The Hall–Kier alpha value is -3.78. The number of carbonyl (C=O) groups excluding carboxylic acids is 1. The van der Waals surface area contributed by atoms with E-state index in [0.717, 1.165) is 49.9 Å². The molecule has 0 atom stereocenters. The number of nitrogens with zero attached hydrogens (tertiary/aromatic N) is 4. The van der Waals surface area contributed by atoms with Crippen LogP contribution < -0.4 is 19.1 Å². The largest absolute Gasteiger partial charge is 0.454 e. The van der Waals surface area contributed by atoms with E-state index in [1.54, 1.807) is 6.20 Å². The van der Waals surface area contributed by atoms with Crippen molar-refractivity contribution < 1.29 is 19.0 Å². The first-order valence-corrected chi connectivity index (χ1v) is 11.4. The summed E-state index contributed by atoms with van der Waals surface area (Å²) in [5, 5.41) is 0. The lowest BCUT2D eigenvalue weighted by Crippen LogP contribution is -2.50. The Balaban J connectivity index is 1.09. The second-order valence-corrected chi connectivity index (χ2v) is 8.46. The second-order valence-electron chi connectivity index (χ2n) is 8.46. The third-order valence-corrected chi connectivity index (χ3v) is 6.08. The van der Waals surface area contributed by atoms with Gasteiger partial charge in [-0.3, -0.25) is 9.69 Å². The Morgan fingerprint density at radius 3 is 2.56 bits per heavy atom. The molecule has 0 bridgehead atoms. The van der Waals surface area contributed by atoms with Gasteiger partial charge in [0.05, 0.1) is 6.54 Å². The van der Waals surface area contributed by atoms with Gasteiger partial charge in [-0.25, -0.2) is 4.98 Å². The van der Waals surface area contributed by atoms with Crippen LogP contribution in [0.15, 0.2) is 66.9 Å². The summed E-state index contributed by atoms with van der Waals surface area (Å²) in [4.78, 5) is 23.3. The van der Waals surface area contributed by atoms with Crippen LogP contribution in [0.5, 0.6) is 23.1 Å². The van der Waals surface area contributed by atoms with Gasteiger partial charge >= 0.3 is 0 Å². The van der Waals surface area contributed by atoms with Gasteiger partial charge in [-0.1, -0.05) is 12.1 Å². The first-order chi connectivity index (χ1) is 16.6. The van der Waals surface area contributed by atoms with Gasteiger partial charge in [0.15, 0.2) is 11.5 Å². The highest BCUT2D eigenvalue weighted by atomic mass is 16.7. The molecule has 2 aliphatic heterocycles. The summed E-state index contributed by atoms with van der Waals surface area (Å²) < 4.78 is 16.6. The van der Waals surface area contributed by atoms with E-state index in [-0.39, 0.29) is 12.7 Å². The van der Waals surface area contributed by atoms with Crippen molar-refractivity contribution in [3.05, 3.63) is 72.4 Å². The van der Waals surface area contributed by atoms with E-state index in [9.17, 15) is 4.79 Å². The number of carbonyl (C=O) groups is 1. The predicted molar refractivity (Wildman–Crippen MR) is 128 cm³/mol. The van der Waals surface area contributed by atoms with E-state index >= 15 is 0 Å². The Kier molecular flexibility index (Phi) is 6.49. The molecule has 34 heavy (non-hydrogen) atoms. The smallest absolute Gasteiger partial charge is 0.242 e. The zero-order chi connectivity index (χ0) is 23.3. The number of fused-ring (bicyclic) bond motifs is 1. The van der Waals surface area contributed by atoms with Crippen molar-refractivity contribution >= 4 is 11.6 Å². The van der Waals surface area contributed by atoms with E-state index in [4.69, 9.17) is 14.2 Å². The summed E-state index contributed by atoms with van der Waals surface area (Å²) in [6.45, 7) is 4.63. The molecule has 8 heteroatoms. The normalized spacial score (nSPS) is 15.3. The van der Waals surface area contributed by atoms with Gasteiger partial charge in [0.2, 0.25) is 18.6 Å². The van der Waals surface area contributed by atoms with Crippen molar-refractivity contribution in [1.82, 2.24) is 14.8 Å². The average Bonchev–Trinajstić information content (AvgIpc) is 3.33. The van der Waals surface area contributed by atoms with Crippen molar-refractivity contribution in [2.75, 3.05) is 51.5 Å². The van der Waals surface area contributed by atoms with E-state index < -0.39 is 0 Å². The molecule has 0 spiro atoms. The topological polar surface area (TPSA) is 67.4 Å². The summed E-state index contributed by atoms with van der Waals surface area (Å²) >= 11 is 0. The standard InChI is InChI=1S/C26H28N4O4/c1-28(21-6-8-22(9-7-21)34-25-4-2-3-11-27-25)18-26(31)30-14-12-29(13-15-30)17-20-5-10-23-24(16-20)33-19-32-23/h2-11,16H,12-15,17-19H2,1H3. The molecule has 176 valence electrons. The minimum absolute atomic E-state index is 0.138. The average molecular weight is 461 g/mol. The van der Waals surface area contributed by atoms with Crippen LogP contribution in [0.4, 0.5) is 5.69 Å². The van der Waals surface area contributed by atoms with Crippen molar-refractivity contribution in [3.8, 4) is 23.1 Å². The molecular weight excluding hydrogens is 432 g/mol. The first-order valence-electron chi connectivity index (χ1n) is 11.4. The number of ether oxygens (including phenoxy) is 3. The van der Waals surface area contributed by atoms with Crippen LogP contribution in [0.1, 0.15) is 5.56 Å². The van der Waals surface area contributed by atoms with Crippen molar-refractivity contribution in [2.45, 2.75) is 6.54 Å². The van der Waals surface area contributed by atoms with Gasteiger partial charge in [-0.15, -0.1) is 0 Å². The lowest BCUT2D eigenvalue weighted by molar-refractivity contribution is -0.131. The van der Waals surface area contributed by atoms with Crippen molar-refractivity contribution in [2.24, 2.45) is 0 Å². The molecule has 0 N–H and O–H groups in total. The molecule has 2 aliphatic rings. The SMILES string of the molecule is CN(CC(=O)N1CCN(Cc2ccc3c(c2)OCO3)CC1)c1ccc(Oc2ccccn2)cc1. The molecule has 0 aliphatic carbocycles. The number of rotatable bonds is 7. The maximum absolute atomic E-state index is 12.9. The Morgan fingerprint density at radius 1 is 1.00 bits per heavy atom. The molecule has 3 aromatic rings. The monoisotopic (exact) mass is 460 g/mol. The number of likely N-dealkylation sites (N-methyl/N-ethyl adjacent to an activating group) is 1. The van der Waals surface area contributed by atoms with Crippen LogP contribution in [0.3, 0.4) is 0 Å². The van der Waals surface area contributed by atoms with Crippen molar-refractivity contribution in [3.63, 3.8) is 0 Å². The fourth-order valence-corrected chi connectivity index (χ4v) is 4.14. The molecule has 0 radical (unpaired) electrons. The minimum atomic E-state index is 0.138. The number of hydrogen-bond acceptors (Lipinski definition) is 7. The zero-order valence-corrected chi connectivity index (χ0v) is 19.2. The Bertz CT molecular complexity index is 1120. The number of pyridine rings is 1. The molecule has 2 aromatic carbocycles. The quantitative estimate of drug-likeness (QED) is 0.535. The highest BCUT2D eigenvalue weighted by Crippen LogP contribution is 2.33. The molecule has 0 unspecified atom stereocenters. The van der Waals surface area contributed by atoms with Crippen LogP contribution in [-0.4, -0.2) is 67.3 Å². The summed E-state index contributed by atoms with van der Waals surface area (Å²) in [6, 6.07) is 19.3. The third-order valence-electron chi connectivity index (χ3n) is 6.08. The fourth-order valence-electron chi connectivity index (χ4n) is 4.14. The molecule has 8 nitrogen and oxygen atoms in total. The molecular formula is C26H28N4O4. The molecule has 1 aromatic heterocycles. The lowest BCUT2D eigenvalue weighted by Gasteiger charge is -2.35. The molecule has 3 heterocycles. The molecule has 0 saturated carbocycles. The van der Waals surface area contributed by atoms with Crippen LogP contribution in [0.25, 0.3) is 0 Å². The molecule has 1 amide bonds. The van der Waals surface area contributed by atoms with E-state index in [1.165, 1.54) is 5.56 Å². The van der Waals surface area contributed by atoms with E-state index in [0.29, 0.717) is 18.2 Å².